The Morgan fingerprint density at radius 3 is 3.27 bits per heavy atom. The van der Waals surface area contributed by atoms with Crippen LogP contribution in [0.25, 0.3) is 0 Å². The molecule has 0 saturated heterocycles. The molecule has 0 bridgehead atoms. The fraction of sp³-hybridized carbons (Fsp3) is 0.429. The van der Waals surface area contributed by atoms with Crippen molar-refractivity contribution >= 4 is 33.0 Å². The molecule has 1 aliphatic rings. The summed E-state index contributed by atoms with van der Waals surface area (Å²) >= 11 is 5.31. The van der Waals surface area contributed by atoms with Gasteiger partial charge in [0.2, 0.25) is 0 Å². The van der Waals surface area contributed by atoms with Crippen molar-refractivity contribution < 1.29 is 0 Å². The minimum absolute atomic E-state index is 1.05. The standard InChI is InChI=1S/C7H9BrN2S/c1-10-5-4-7(8)11-6(5)2-3-9-10/h4,9H,2-3H2,1H3. The van der Waals surface area contributed by atoms with Crippen molar-refractivity contribution in [3.05, 3.63) is 14.7 Å². The van der Waals surface area contributed by atoms with Crippen LogP contribution < -0.4 is 10.4 Å². The van der Waals surface area contributed by atoms with Crippen molar-refractivity contribution in [1.82, 2.24) is 5.43 Å². The highest BCUT2D eigenvalue weighted by molar-refractivity contribution is 9.11. The Hall–Kier alpha value is -0.0600. The van der Waals surface area contributed by atoms with Gasteiger partial charge in [-0.1, -0.05) is 0 Å². The summed E-state index contributed by atoms with van der Waals surface area (Å²) in [5, 5.41) is 2.08. The number of thiophene rings is 1. The van der Waals surface area contributed by atoms with E-state index < -0.39 is 0 Å². The van der Waals surface area contributed by atoms with Crippen LogP contribution in [0, 0.1) is 0 Å². The number of halogens is 1. The van der Waals surface area contributed by atoms with Crippen molar-refractivity contribution in [2.24, 2.45) is 0 Å². The van der Waals surface area contributed by atoms with Gasteiger partial charge in [0.05, 0.1) is 9.47 Å². The number of hydrazine groups is 1. The van der Waals surface area contributed by atoms with E-state index in [0.29, 0.717) is 0 Å². The molecule has 0 atom stereocenters. The Balaban J connectivity index is 2.43. The molecule has 0 aromatic carbocycles. The fourth-order valence-corrected chi connectivity index (χ4v) is 2.99. The van der Waals surface area contributed by atoms with E-state index in [4.69, 9.17) is 0 Å². The van der Waals surface area contributed by atoms with Gasteiger partial charge in [-0.25, -0.2) is 5.43 Å². The number of nitrogens with one attached hydrogen (secondary N) is 1. The van der Waals surface area contributed by atoms with E-state index in [-0.39, 0.29) is 0 Å². The van der Waals surface area contributed by atoms with E-state index >= 15 is 0 Å². The Labute approximate surface area is 78.3 Å². The van der Waals surface area contributed by atoms with Crippen molar-refractivity contribution in [3.63, 3.8) is 0 Å². The molecule has 1 aromatic heterocycles. The zero-order valence-corrected chi connectivity index (χ0v) is 8.63. The Morgan fingerprint density at radius 1 is 1.73 bits per heavy atom. The molecular weight excluding hydrogens is 224 g/mol. The lowest BCUT2D eigenvalue weighted by atomic mass is 10.2. The zero-order chi connectivity index (χ0) is 7.84. The number of nitrogens with zero attached hydrogens (tertiary/aromatic N) is 1. The lowest BCUT2D eigenvalue weighted by Gasteiger charge is -2.25. The van der Waals surface area contributed by atoms with Gasteiger partial charge in [0.25, 0.3) is 0 Å². The quantitative estimate of drug-likeness (QED) is 0.737. The third-order valence-electron chi connectivity index (χ3n) is 1.82. The van der Waals surface area contributed by atoms with Crippen molar-refractivity contribution in [2.45, 2.75) is 6.42 Å². The Bertz CT molecular complexity index is 271. The van der Waals surface area contributed by atoms with Crippen LogP contribution >= 0.6 is 27.3 Å². The van der Waals surface area contributed by atoms with Crippen molar-refractivity contribution in [2.75, 3.05) is 18.6 Å². The summed E-state index contributed by atoms with van der Waals surface area (Å²) < 4.78 is 1.22. The molecule has 60 valence electrons. The summed E-state index contributed by atoms with van der Waals surface area (Å²) in [5.74, 6) is 0. The molecule has 2 heterocycles. The second kappa shape index (κ2) is 2.77. The molecule has 0 amide bonds. The summed E-state index contributed by atoms with van der Waals surface area (Å²) in [6.45, 7) is 1.05. The minimum atomic E-state index is 1.05. The third-order valence-corrected chi connectivity index (χ3v) is 3.51. The van der Waals surface area contributed by atoms with Gasteiger partial charge < -0.3 is 5.01 Å². The van der Waals surface area contributed by atoms with Gasteiger partial charge in [0.1, 0.15) is 0 Å². The van der Waals surface area contributed by atoms with Gasteiger partial charge in [-0.2, -0.15) is 0 Å². The maximum Gasteiger partial charge on any atom is 0.0723 e. The van der Waals surface area contributed by atoms with E-state index in [9.17, 15) is 0 Å². The predicted octanol–water partition coefficient (Wildman–Crippen LogP) is 2.01. The largest absolute Gasteiger partial charge is 0.310 e. The number of hydrogen-bond acceptors (Lipinski definition) is 3. The topological polar surface area (TPSA) is 15.3 Å². The molecule has 0 spiro atoms. The van der Waals surface area contributed by atoms with Crippen molar-refractivity contribution in [1.29, 1.82) is 0 Å². The minimum Gasteiger partial charge on any atom is -0.310 e. The molecule has 0 saturated carbocycles. The summed E-state index contributed by atoms with van der Waals surface area (Å²) in [6.07, 6.45) is 1.15. The second-order valence-corrected chi connectivity index (χ2v) is 5.09. The Morgan fingerprint density at radius 2 is 2.55 bits per heavy atom. The molecule has 11 heavy (non-hydrogen) atoms. The van der Waals surface area contributed by atoms with Gasteiger partial charge in [-0.05, 0) is 28.4 Å². The van der Waals surface area contributed by atoms with E-state index in [1.165, 1.54) is 14.4 Å². The monoisotopic (exact) mass is 232 g/mol. The molecule has 0 aliphatic carbocycles. The zero-order valence-electron chi connectivity index (χ0n) is 6.22. The molecule has 0 radical (unpaired) electrons. The van der Waals surface area contributed by atoms with E-state index in [1.54, 1.807) is 0 Å². The molecule has 2 rings (SSSR count). The first kappa shape index (κ1) is 7.58. The smallest absolute Gasteiger partial charge is 0.0723 e. The number of hydrogen-bond donors (Lipinski definition) is 1. The molecule has 0 unspecified atom stereocenters. The molecule has 2 nitrogen and oxygen atoms in total. The first-order valence-corrected chi connectivity index (χ1v) is 5.14. The lowest BCUT2D eigenvalue weighted by Crippen LogP contribution is -2.39. The van der Waals surface area contributed by atoms with Crippen LogP contribution in [-0.4, -0.2) is 13.6 Å². The first-order valence-electron chi connectivity index (χ1n) is 3.53. The van der Waals surface area contributed by atoms with Gasteiger partial charge in [-0.15, -0.1) is 11.3 Å². The fourth-order valence-electron chi connectivity index (χ4n) is 1.27. The van der Waals surface area contributed by atoms with Gasteiger partial charge in [-0.3, -0.25) is 0 Å². The van der Waals surface area contributed by atoms with Gasteiger partial charge in [0.15, 0.2) is 0 Å². The predicted molar refractivity (Wildman–Crippen MR) is 52.1 cm³/mol. The average Bonchev–Trinajstić information content (AvgIpc) is 2.31. The highest BCUT2D eigenvalue weighted by Gasteiger charge is 2.15. The van der Waals surface area contributed by atoms with E-state index in [0.717, 1.165) is 13.0 Å². The van der Waals surface area contributed by atoms with Crippen molar-refractivity contribution in [3.8, 4) is 0 Å². The molecular formula is C7H9BrN2S. The molecule has 0 fully saturated rings. The maximum absolute atomic E-state index is 3.48. The second-order valence-electron chi connectivity index (χ2n) is 2.58. The highest BCUT2D eigenvalue weighted by atomic mass is 79.9. The van der Waals surface area contributed by atoms with Crippen LogP contribution in [0.3, 0.4) is 0 Å². The third kappa shape index (κ3) is 1.30. The maximum atomic E-state index is 3.48. The summed E-state index contributed by atoms with van der Waals surface area (Å²) in [6, 6.07) is 2.16. The molecule has 1 aromatic rings. The van der Waals surface area contributed by atoms with Crippen LogP contribution in [0.5, 0.6) is 0 Å². The van der Waals surface area contributed by atoms with Gasteiger partial charge in [0, 0.05) is 18.5 Å². The Kier molecular flexibility index (Phi) is 1.91. The van der Waals surface area contributed by atoms with Crippen LogP contribution in [0.15, 0.2) is 9.85 Å². The number of anilines is 1. The summed E-state index contributed by atoms with van der Waals surface area (Å²) in [7, 11) is 2.05. The molecule has 1 aliphatic heterocycles. The van der Waals surface area contributed by atoms with E-state index in [2.05, 4.69) is 39.5 Å². The normalized spacial score (nSPS) is 16.7. The summed E-state index contributed by atoms with van der Waals surface area (Å²) in [5.41, 5.74) is 4.58. The van der Waals surface area contributed by atoms with Crippen LogP contribution in [-0.2, 0) is 6.42 Å². The van der Waals surface area contributed by atoms with Crippen LogP contribution in [0.2, 0.25) is 0 Å². The van der Waals surface area contributed by atoms with Crippen LogP contribution in [0.1, 0.15) is 4.88 Å². The van der Waals surface area contributed by atoms with Crippen LogP contribution in [0.4, 0.5) is 5.69 Å². The lowest BCUT2D eigenvalue weighted by molar-refractivity contribution is 0.648. The highest BCUT2D eigenvalue weighted by Crippen LogP contribution is 2.34. The average molecular weight is 233 g/mol. The molecule has 1 N–H and O–H groups in total. The number of fused-ring (bicyclic) bond motifs is 1. The SMILES string of the molecule is CN1NCCc2sc(Br)cc21. The van der Waals surface area contributed by atoms with Gasteiger partial charge >= 0.3 is 0 Å². The first-order chi connectivity index (χ1) is 5.27. The van der Waals surface area contributed by atoms with E-state index in [1.807, 2.05) is 11.3 Å². The number of rotatable bonds is 0. The summed E-state index contributed by atoms with van der Waals surface area (Å²) in [4.78, 5) is 1.47. The molecule has 4 heteroatoms.